The standard InChI is InChI=1S/C20H19ClN2O5/c1-27-17-8-4-15(5-9-17)22-18(24)12-28-20(26)13-10-19(25)23(11-13)16-6-2-14(21)3-7-16/h2-9,13H,10-12H2,1H3,(H,22,24). The van der Waals surface area contributed by atoms with Crippen molar-refractivity contribution in [3.05, 3.63) is 53.6 Å². The van der Waals surface area contributed by atoms with Gasteiger partial charge in [-0.15, -0.1) is 0 Å². The molecule has 1 heterocycles. The second-order valence-corrected chi connectivity index (χ2v) is 6.70. The number of benzene rings is 2. The fourth-order valence-electron chi connectivity index (χ4n) is 2.86. The van der Waals surface area contributed by atoms with Crippen molar-refractivity contribution in [2.45, 2.75) is 6.42 Å². The Morgan fingerprint density at radius 2 is 1.82 bits per heavy atom. The van der Waals surface area contributed by atoms with Gasteiger partial charge in [0.25, 0.3) is 5.91 Å². The fraction of sp³-hybridized carbons (Fsp3) is 0.250. The molecule has 8 heteroatoms. The Labute approximate surface area is 167 Å². The van der Waals surface area contributed by atoms with Crippen molar-refractivity contribution >= 4 is 40.8 Å². The van der Waals surface area contributed by atoms with Gasteiger partial charge in [0.15, 0.2) is 6.61 Å². The highest BCUT2D eigenvalue weighted by molar-refractivity contribution is 6.30. The van der Waals surface area contributed by atoms with E-state index in [0.29, 0.717) is 22.1 Å². The molecule has 0 aliphatic carbocycles. The van der Waals surface area contributed by atoms with Gasteiger partial charge < -0.3 is 19.7 Å². The molecule has 1 N–H and O–H groups in total. The van der Waals surface area contributed by atoms with Crippen LogP contribution in [0.2, 0.25) is 5.02 Å². The summed E-state index contributed by atoms with van der Waals surface area (Å²) in [7, 11) is 1.55. The number of carbonyl (C=O) groups is 3. The predicted octanol–water partition coefficient (Wildman–Crippen LogP) is 2.88. The maximum atomic E-state index is 12.2. The van der Waals surface area contributed by atoms with E-state index in [-0.39, 0.29) is 18.9 Å². The Morgan fingerprint density at radius 3 is 2.46 bits per heavy atom. The van der Waals surface area contributed by atoms with Gasteiger partial charge in [0, 0.05) is 29.4 Å². The van der Waals surface area contributed by atoms with Crippen LogP contribution in [0.5, 0.6) is 5.75 Å². The molecule has 2 aromatic carbocycles. The summed E-state index contributed by atoms with van der Waals surface area (Å²) >= 11 is 5.86. The van der Waals surface area contributed by atoms with Crippen molar-refractivity contribution in [2.75, 3.05) is 30.5 Å². The Balaban J connectivity index is 1.49. The SMILES string of the molecule is COc1ccc(NC(=O)COC(=O)C2CC(=O)N(c3ccc(Cl)cc3)C2)cc1. The lowest BCUT2D eigenvalue weighted by molar-refractivity contribution is -0.151. The van der Waals surface area contributed by atoms with Gasteiger partial charge in [-0.05, 0) is 48.5 Å². The average molecular weight is 403 g/mol. The van der Waals surface area contributed by atoms with Gasteiger partial charge in [-0.1, -0.05) is 11.6 Å². The molecule has 7 nitrogen and oxygen atoms in total. The molecule has 146 valence electrons. The molecule has 0 bridgehead atoms. The number of ether oxygens (including phenoxy) is 2. The third-order valence-electron chi connectivity index (χ3n) is 4.32. The largest absolute Gasteiger partial charge is 0.497 e. The maximum Gasteiger partial charge on any atom is 0.311 e. The minimum Gasteiger partial charge on any atom is -0.497 e. The molecule has 28 heavy (non-hydrogen) atoms. The summed E-state index contributed by atoms with van der Waals surface area (Å²) in [5.41, 5.74) is 1.23. The lowest BCUT2D eigenvalue weighted by Gasteiger charge is -2.16. The van der Waals surface area contributed by atoms with Gasteiger partial charge in [-0.25, -0.2) is 0 Å². The number of hydrogen-bond donors (Lipinski definition) is 1. The predicted molar refractivity (Wildman–Crippen MR) is 104 cm³/mol. The van der Waals surface area contributed by atoms with E-state index < -0.39 is 24.4 Å². The van der Waals surface area contributed by atoms with E-state index in [1.54, 1.807) is 55.6 Å². The van der Waals surface area contributed by atoms with E-state index in [4.69, 9.17) is 21.1 Å². The van der Waals surface area contributed by atoms with E-state index in [2.05, 4.69) is 5.32 Å². The van der Waals surface area contributed by atoms with Gasteiger partial charge in [0.05, 0.1) is 13.0 Å². The van der Waals surface area contributed by atoms with Crippen LogP contribution in [0.4, 0.5) is 11.4 Å². The van der Waals surface area contributed by atoms with Crippen molar-refractivity contribution in [1.29, 1.82) is 0 Å². The van der Waals surface area contributed by atoms with Crippen LogP contribution >= 0.6 is 11.6 Å². The highest BCUT2D eigenvalue weighted by Crippen LogP contribution is 2.27. The normalized spacial score (nSPS) is 16.0. The van der Waals surface area contributed by atoms with Crippen molar-refractivity contribution in [3.63, 3.8) is 0 Å². The van der Waals surface area contributed by atoms with E-state index in [0.717, 1.165) is 0 Å². The number of rotatable bonds is 6. The molecule has 2 aromatic rings. The van der Waals surface area contributed by atoms with Crippen molar-refractivity contribution in [1.82, 2.24) is 0 Å². The third kappa shape index (κ3) is 4.80. The van der Waals surface area contributed by atoms with E-state index >= 15 is 0 Å². The minimum atomic E-state index is -0.614. The number of amides is 2. The molecule has 3 rings (SSSR count). The van der Waals surface area contributed by atoms with Crippen LogP contribution < -0.4 is 15.0 Å². The van der Waals surface area contributed by atoms with E-state index in [1.165, 1.54) is 4.90 Å². The molecule has 1 unspecified atom stereocenters. The Hall–Kier alpha value is -3.06. The number of anilines is 2. The first-order chi connectivity index (χ1) is 13.5. The van der Waals surface area contributed by atoms with Gasteiger partial charge in [0.1, 0.15) is 5.75 Å². The zero-order chi connectivity index (χ0) is 20.1. The number of nitrogens with one attached hydrogen (secondary N) is 1. The molecule has 1 atom stereocenters. The molecule has 1 fully saturated rings. The summed E-state index contributed by atoms with van der Waals surface area (Å²) in [6.45, 7) is -0.212. The topological polar surface area (TPSA) is 84.9 Å². The number of nitrogens with zero attached hydrogens (tertiary/aromatic N) is 1. The Kier molecular flexibility index (Phi) is 6.16. The summed E-state index contributed by atoms with van der Waals surface area (Å²) in [6.07, 6.45) is 0.0432. The number of esters is 1. The quantitative estimate of drug-likeness (QED) is 0.751. The smallest absolute Gasteiger partial charge is 0.311 e. The van der Waals surface area contributed by atoms with Crippen LogP contribution in [-0.4, -0.2) is 38.0 Å². The summed E-state index contributed by atoms with van der Waals surface area (Å²) in [5.74, 6) is -1.16. The number of carbonyl (C=O) groups excluding carboxylic acids is 3. The number of hydrogen-bond acceptors (Lipinski definition) is 5. The van der Waals surface area contributed by atoms with Crippen LogP contribution in [0.25, 0.3) is 0 Å². The molecule has 1 aliphatic rings. The lowest BCUT2D eigenvalue weighted by atomic mass is 10.1. The Morgan fingerprint density at radius 1 is 1.14 bits per heavy atom. The molecule has 1 saturated heterocycles. The molecule has 0 aromatic heterocycles. The van der Waals surface area contributed by atoms with Crippen molar-refractivity contribution in [2.24, 2.45) is 5.92 Å². The molecule has 0 saturated carbocycles. The average Bonchev–Trinajstić information content (AvgIpc) is 3.09. The summed E-state index contributed by atoms with van der Waals surface area (Å²) in [4.78, 5) is 37.9. The summed E-state index contributed by atoms with van der Waals surface area (Å²) in [5, 5.41) is 3.19. The molecule has 2 amide bonds. The van der Waals surface area contributed by atoms with Gasteiger partial charge in [0.2, 0.25) is 5.91 Å². The van der Waals surface area contributed by atoms with Gasteiger partial charge in [-0.3, -0.25) is 14.4 Å². The zero-order valence-electron chi connectivity index (χ0n) is 15.2. The van der Waals surface area contributed by atoms with Crippen LogP contribution in [0.15, 0.2) is 48.5 Å². The van der Waals surface area contributed by atoms with Crippen molar-refractivity contribution < 1.29 is 23.9 Å². The van der Waals surface area contributed by atoms with Crippen LogP contribution in [-0.2, 0) is 19.1 Å². The molecular weight excluding hydrogens is 384 g/mol. The van der Waals surface area contributed by atoms with Gasteiger partial charge in [-0.2, -0.15) is 0 Å². The van der Waals surface area contributed by atoms with Crippen LogP contribution in [0.1, 0.15) is 6.42 Å². The monoisotopic (exact) mass is 402 g/mol. The maximum absolute atomic E-state index is 12.2. The van der Waals surface area contributed by atoms with Crippen LogP contribution in [0.3, 0.4) is 0 Å². The first kappa shape index (κ1) is 19.7. The molecular formula is C20H19ClN2O5. The van der Waals surface area contributed by atoms with E-state index in [1.807, 2.05) is 0 Å². The fourth-order valence-corrected chi connectivity index (χ4v) is 2.99. The van der Waals surface area contributed by atoms with Gasteiger partial charge >= 0.3 is 5.97 Å². The lowest BCUT2D eigenvalue weighted by Crippen LogP contribution is -2.28. The highest BCUT2D eigenvalue weighted by atomic mass is 35.5. The number of halogens is 1. The molecule has 1 aliphatic heterocycles. The summed E-state index contributed by atoms with van der Waals surface area (Å²) < 4.78 is 10.1. The second-order valence-electron chi connectivity index (χ2n) is 6.27. The highest BCUT2D eigenvalue weighted by Gasteiger charge is 2.36. The second kappa shape index (κ2) is 8.75. The van der Waals surface area contributed by atoms with Crippen LogP contribution in [0, 0.1) is 5.92 Å². The minimum absolute atomic E-state index is 0.0432. The summed E-state index contributed by atoms with van der Waals surface area (Å²) in [6, 6.07) is 13.6. The molecule has 0 radical (unpaired) electrons. The first-order valence-electron chi connectivity index (χ1n) is 8.62. The number of methoxy groups -OCH3 is 1. The third-order valence-corrected chi connectivity index (χ3v) is 4.57. The van der Waals surface area contributed by atoms with Crippen molar-refractivity contribution in [3.8, 4) is 5.75 Å². The zero-order valence-corrected chi connectivity index (χ0v) is 15.9. The van der Waals surface area contributed by atoms with E-state index in [9.17, 15) is 14.4 Å². The molecule has 0 spiro atoms. The first-order valence-corrected chi connectivity index (χ1v) is 9.00. The Bertz CT molecular complexity index is 867.